The van der Waals surface area contributed by atoms with Crippen LogP contribution in [0.1, 0.15) is 33.1 Å². The van der Waals surface area contributed by atoms with Gasteiger partial charge < -0.3 is 10.1 Å². The summed E-state index contributed by atoms with van der Waals surface area (Å²) in [5.41, 5.74) is 0.164. The first-order valence-corrected chi connectivity index (χ1v) is 5.03. The molecule has 1 saturated heterocycles. The van der Waals surface area contributed by atoms with Gasteiger partial charge in [0.15, 0.2) is 0 Å². The zero-order chi connectivity index (χ0) is 9.73. The molecule has 0 aromatic carbocycles. The van der Waals surface area contributed by atoms with Crippen molar-refractivity contribution in [3.63, 3.8) is 0 Å². The third-order valence-corrected chi connectivity index (χ3v) is 2.69. The maximum atomic E-state index is 11.3. The molecule has 0 saturated carbocycles. The smallest absolute Gasteiger partial charge is 0.306 e. The van der Waals surface area contributed by atoms with Gasteiger partial charge in [-0.25, -0.2) is 0 Å². The van der Waals surface area contributed by atoms with Crippen molar-refractivity contribution in [1.29, 1.82) is 0 Å². The van der Waals surface area contributed by atoms with Gasteiger partial charge >= 0.3 is 5.97 Å². The van der Waals surface area contributed by atoms with Gasteiger partial charge in [-0.05, 0) is 38.3 Å². The molecule has 1 heterocycles. The molecular formula is C10H20ClNO2. The fourth-order valence-corrected chi connectivity index (χ4v) is 1.77. The van der Waals surface area contributed by atoms with Crippen LogP contribution < -0.4 is 5.32 Å². The van der Waals surface area contributed by atoms with Crippen molar-refractivity contribution in [3.8, 4) is 0 Å². The number of hydrogen-bond acceptors (Lipinski definition) is 3. The van der Waals surface area contributed by atoms with Gasteiger partial charge in [-0.15, -0.1) is 12.4 Å². The Kier molecular flexibility index (Phi) is 6.12. The van der Waals surface area contributed by atoms with Gasteiger partial charge in [-0.2, -0.15) is 0 Å². The lowest BCUT2D eigenvalue weighted by Gasteiger charge is -2.32. The predicted molar refractivity (Wildman–Crippen MR) is 58.7 cm³/mol. The molecule has 0 aliphatic carbocycles. The molecule has 3 nitrogen and oxygen atoms in total. The van der Waals surface area contributed by atoms with E-state index in [-0.39, 0.29) is 23.8 Å². The second-order valence-electron chi connectivity index (χ2n) is 4.04. The van der Waals surface area contributed by atoms with E-state index in [1.807, 2.05) is 6.92 Å². The number of carbonyl (C=O) groups excluding carboxylic acids is 1. The van der Waals surface area contributed by atoms with Gasteiger partial charge in [0.25, 0.3) is 0 Å². The molecule has 4 heteroatoms. The quantitative estimate of drug-likeness (QED) is 0.738. The predicted octanol–water partition coefficient (Wildman–Crippen LogP) is 1.75. The summed E-state index contributed by atoms with van der Waals surface area (Å²) in [6, 6.07) is 0. The first-order valence-electron chi connectivity index (χ1n) is 5.03. The maximum absolute atomic E-state index is 11.3. The van der Waals surface area contributed by atoms with Crippen molar-refractivity contribution in [1.82, 2.24) is 5.32 Å². The van der Waals surface area contributed by atoms with Crippen molar-refractivity contribution in [2.45, 2.75) is 33.1 Å². The maximum Gasteiger partial charge on any atom is 0.306 e. The van der Waals surface area contributed by atoms with Crippen LogP contribution in [0.5, 0.6) is 0 Å². The average molecular weight is 222 g/mol. The van der Waals surface area contributed by atoms with Gasteiger partial charge in [0.2, 0.25) is 0 Å². The van der Waals surface area contributed by atoms with Crippen LogP contribution in [-0.4, -0.2) is 25.7 Å². The number of carbonyl (C=O) groups is 1. The molecule has 1 rings (SSSR count). The Morgan fingerprint density at radius 1 is 1.43 bits per heavy atom. The Labute approximate surface area is 92.0 Å². The van der Waals surface area contributed by atoms with Crippen LogP contribution in [0.25, 0.3) is 0 Å². The minimum Gasteiger partial charge on any atom is -0.466 e. The Hall–Kier alpha value is -0.280. The molecule has 0 spiro atoms. The van der Waals surface area contributed by atoms with E-state index in [4.69, 9.17) is 4.74 Å². The Balaban J connectivity index is 0.00000169. The molecule has 0 aromatic heterocycles. The Bertz CT molecular complexity index is 179. The largest absolute Gasteiger partial charge is 0.466 e. The number of esters is 1. The van der Waals surface area contributed by atoms with E-state index in [0.717, 1.165) is 25.9 Å². The van der Waals surface area contributed by atoms with Gasteiger partial charge in [-0.3, -0.25) is 4.79 Å². The van der Waals surface area contributed by atoms with Gasteiger partial charge in [0.1, 0.15) is 0 Å². The Morgan fingerprint density at radius 2 is 2.00 bits per heavy atom. The van der Waals surface area contributed by atoms with E-state index in [0.29, 0.717) is 13.0 Å². The van der Waals surface area contributed by atoms with Crippen LogP contribution in [0.3, 0.4) is 0 Å². The topological polar surface area (TPSA) is 38.3 Å². The van der Waals surface area contributed by atoms with Gasteiger partial charge in [-0.1, -0.05) is 6.92 Å². The minimum atomic E-state index is -0.0492. The third-order valence-electron chi connectivity index (χ3n) is 2.69. The van der Waals surface area contributed by atoms with Crippen LogP contribution in [0.4, 0.5) is 0 Å². The number of ether oxygens (including phenoxy) is 1. The zero-order valence-corrected chi connectivity index (χ0v) is 9.78. The first kappa shape index (κ1) is 13.7. The summed E-state index contributed by atoms with van der Waals surface area (Å²) < 4.78 is 4.95. The van der Waals surface area contributed by atoms with E-state index in [9.17, 15) is 4.79 Å². The molecule has 1 N–H and O–H groups in total. The lowest BCUT2D eigenvalue weighted by Crippen LogP contribution is -2.36. The summed E-state index contributed by atoms with van der Waals surface area (Å²) in [7, 11) is 0. The molecule has 0 bridgehead atoms. The summed E-state index contributed by atoms with van der Waals surface area (Å²) >= 11 is 0. The molecule has 0 amide bonds. The van der Waals surface area contributed by atoms with E-state index >= 15 is 0 Å². The summed E-state index contributed by atoms with van der Waals surface area (Å²) in [5.74, 6) is -0.0492. The summed E-state index contributed by atoms with van der Waals surface area (Å²) in [4.78, 5) is 11.3. The highest BCUT2D eigenvalue weighted by Gasteiger charge is 2.29. The Morgan fingerprint density at radius 3 is 2.50 bits per heavy atom. The monoisotopic (exact) mass is 221 g/mol. The van der Waals surface area contributed by atoms with Gasteiger partial charge in [0.05, 0.1) is 13.0 Å². The molecule has 0 radical (unpaired) electrons. The fraction of sp³-hybridized carbons (Fsp3) is 0.900. The minimum absolute atomic E-state index is 0. The standard InChI is InChI=1S/C10H19NO2.ClH/c1-3-13-9(12)8-10(2)4-6-11-7-5-10;/h11H,3-8H2,1-2H3;1H. The molecule has 0 atom stereocenters. The number of piperidine rings is 1. The molecule has 1 aliphatic rings. The summed E-state index contributed by atoms with van der Waals surface area (Å²) in [5, 5.41) is 3.29. The first-order chi connectivity index (χ1) is 6.16. The van der Waals surface area contributed by atoms with E-state index in [1.54, 1.807) is 0 Å². The molecule has 84 valence electrons. The van der Waals surface area contributed by atoms with E-state index in [2.05, 4.69) is 12.2 Å². The van der Waals surface area contributed by atoms with Crippen LogP contribution in [0, 0.1) is 5.41 Å². The second-order valence-corrected chi connectivity index (χ2v) is 4.04. The van der Waals surface area contributed by atoms with Crippen molar-refractivity contribution >= 4 is 18.4 Å². The zero-order valence-electron chi connectivity index (χ0n) is 8.97. The van der Waals surface area contributed by atoms with Crippen molar-refractivity contribution < 1.29 is 9.53 Å². The van der Waals surface area contributed by atoms with Crippen molar-refractivity contribution in [2.75, 3.05) is 19.7 Å². The number of nitrogens with one attached hydrogen (secondary N) is 1. The lowest BCUT2D eigenvalue weighted by molar-refractivity contribution is -0.146. The van der Waals surface area contributed by atoms with Crippen LogP contribution in [0.15, 0.2) is 0 Å². The molecular weight excluding hydrogens is 202 g/mol. The van der Waals surface area contributed by atoms with E-state index < -0.39 is 0 Å². The highest BCUT2D eigenvalue weighted by atomic mass is 35.5. The number of halogens is 1. The summed E-state index contributed by atoms with van der Waals surface area (Å²) in [6.07, 6.45) is 2.72. The van der Waals surface area contributed by atoms with Crippen LogP contribution in [-0.2, 0) is 9.53 Å². The van der Waals surface area contributed by atoms with Crippen molar-refractivity contribution in [2.24, 2.45) is 5.41 Å². The SMILES string of the molecule is CCOC(=O)CC1(C)CCNCC1.Cl. The molecule has 0 unspecified atom stereocenters. The van der Waals surface area contributed by atoms with Crippen LogP contribution in [0.2, 0.25) is 0 Å². The third kappa shape index (κ3) is 4.29. The molecule has 1 fully saturated rings. The second kappa shape index (κ2) is 6.25. The summed E-state index contributed by atoms with van der Waals surface area (Å²) in [6.45, 7) is 6.56. The number of hydrogen-bond donors (Lipinski definition) is 1. The van der Waals surface area contributed by atoms with Crippen LogP contribution >= 0.6 is 12.4 Å². The normalized spacial score (nSPS) is 19.6. The highest BCUT2D eigenvalue weighted by Crippen LogP contribution is 2.31. The molecule has 14 heavy (non-hydrogen) atoms. The van der Waals surface area contributed by atoms with Gasteiger partial charge in [0, 0.05) is 0 Å². The van der Waals surface area contributed by atoms with Crippen molar-refractivity contribution in [3.05, 3.63) is 0 Å². The fourth-order valence-electron chi connectivity index (χ4n) is 1.77. The molecule has 1 aliphatic heterocycles. The number of rotatable bonds is 3. The lowest BCUT2D eigenvalue weighted by atomic mass is 9.78. The van der Waals surface area contributed by atoms with E-state index in [1.165, 1.54) is 0 Å². The molecule has 0 aromatic rings. The average Bonchev–Trinajstić information content (AvgIpc) is 2.04. The highest BCUT2D eigenvalue weighted by molar-refractivity contribution is 5.85.